The third-order valence-corrected chi connectivity index (χ3v) is 3.33. The number of nitrogens with zero attached hydrogens (tertiary/aromatic N) is 2. The molecule has 18 heavy (non-hydrogen) atoms. The van der Waals surface area contributed by atoms with E-state index in [1.165, 1.54) is 18.0 Å². The first-order valence-electron chi connectivity index (χ1n) is 5.75. The Labute approximate surface area is 105 Å². The van der Waals surface area contributed by atoms with E-state index in [4.69, 9.17) is 10.8 Å². The molecule has 0 aliphatic carbocycles. The van der Waals surface area contributed by atoms with E-state index in [2.05, 4.69) is 0 Å². The van der Waals surface area contributed by atoms with Crippen molar-refractivity contribution in [1.29, 1.82) is 0 Å². The molecule has 98 valence electrons. The van der Waals surface area contributed by atoms with E-state index in [-0.39, 0.29) is 11.9 Å². The molecule has 1 aliphatic rings. The van der Waals surface area contributed by atoms with Crippen LogP contribution in [0.15, 0.2) is 18.2 Å². The van der Waals surface area contributed by atoms with Gasteiger partial charge in [-0.25, -0.2) is 9.18 Å². The van der Waals surface area contributed by atoms with Gasteiger partial charge in [0.05, 0.1) is 11.7 Å². The molecule has 0 bridgehead atoms. The maximum Gasteiger partial charge on any atom is 0.407 e. The highest BCUT2D eigenvalue weighted by atomic mass is 19.1. The Bertz CT molecular complexity index is 467. The van der Waals surface area contributed by atoms with Crippen LogP contribution in [0.5, 0.6) is 0 Å². The number of nitrogens with two attached hydrogens (primary N) is 1. The van der Waals surface area contributed by atoms with Gasteiger partial charge in [-0.05, 0) is 24.6 Å². The largest absolute Gasteiger partial charge is 0.465 e. The lowest BCUT2D eigenvalue weighted by Crippen LogP contribution is -2.38. The van der Waals surface area contributed by atoms with E-state index in [1.54, 1.807) is 12.1 Å². The Morgan fingerprint density at radius 3 is 2.94 bits per heavy atom. The van der Waals surface area contributed by atoms with Crippen LogP contribution in [0.2, 0.25) is 0 Å². The van der Waals surface area contributed by atoms with Gasteiger partial charge >= 0.3 is 6.09 Å². The number of hydrogen-bond acceptors (Lipinski definition) is 3. The molecule has 0 saturated carbocycles. The van der Waals surface area contributed by atoms with Gasteiger partial charge in [-0.3, -0.25) is 0 Å². The zero-order chi connectivity index (χ0) is 13.3. The van der Waals surface area contributed by atoms with Crippen LogP contribution < -0.4 is 10.6 Å². The summed E-state index contributed by atoms with van der Waals surface area (Å²) in [5.74, 6) is -0.367. The van der Waals surface area contributed by atoms with Crippen molar-refractivity contribution < 1.29 is 14.3 Å². The molecule has 1 fully saturated rings. The lowest BCUT2D eigenvalue weighted by atomic mass is 10.2. The van der Waals surface area contributed by atoms with Gasteiger partial charge in [-0.2, -0.15) is 0 Å². The highest BCUT2D eigenvalue weighted by Gasteiger charge is 2.29. The number of carbonyl (C=O) groups is 1. The summed E-state index contributed by atoms with van der Waals surface area (Å²) < 4.78 is 13.7. The summed E-state index contributed by atoms with van der Waals surface area (Å²) in [5.41, 5.74) is 6.36. The van der Waals surface area contributed by atoms with Crippen LogP contribution in [-0.2, 0) is 0 Å². The first-order valence-corrected chi connectivity index (χ1v) is 5.75. The van der Waals surface area contributed by atoms with Crippen molar-refractivity contribution in [2.45, 2.75) is 12.5 Å². The number of halogens is 1. The van der Waals surface area contributed by atoms with Gasteiger partial charge in [-0.1, -0.05) is 0 Å². The number of rotatable bonds is 2. The van der Waals surface area contributed by atoms with Crippen LogP contribution in [0.1, 0.15) is 6.42 Å². The van der Waals surface area contributed by atoms with E-state index in [0.29, 0.717) is 30.9 Å². The summed E-state index contributed by atoms with van der Waals surface area (Å²) >= 11 is 0. The zero-order valence-electron chi connectivity index (χ0n) is 10.1. The normalized spacial score (nSPS) is 19.0. The Kier molecular flexibility index (Phi) is 3.27. The second-order valence-corrected chi connectivity index (χ2v) is 4.49. The minimum Gasteiger partial charge on any atom is -0.465 e. The van der Waals surface area contributed by atoms with Crippen LogP contribution in [0.25, 0.3) is 0 Å². The van der Waals surface area contributed by atoms with Crippen molar-refractivity contribution in [2.75, 3.05) is 30.8 Å². The fourth-order valence-corrected chi connectivity index (χ4v) is 2.21. The van der Waals surface area contributed by atoms with Crippen molar-refractivity contribution in [3.05, 3.63) is 24.0 Å². The van der Waals surface area contributed by atoms with E-state index in [0.717, 1.165) is 0 Å². The SMILES string of the molecule is CN(C(=O)O)[C@@H]1CCN(c2ccc(N)cc2F)C1. The highest BCUT2D eigenvalue weighted by Crippen LogP contribution is 2.26. The molecular formula is C12H16FN3O2. The van der Waals surface area contributed by atoms with Crippen molar-refractivity contribution in [2.24, 2.45) is 0 Å². The molecule has 1 amide bonds. The number of likely N-dealkylation sites (N-methyl/N-ethyl adjacent to an activating group) is 1. The maximum absolute atomic E-state index is 13.7. The summed E-state index contributed by atoms with van der Waals surface area (Å²) in [5, 5.41) is 8.91. The van der Waals surface area contributed by atoms with E-state index >= 15 is 0 Å². The lowest BCUT2D eigenvalue weighted by molar-refractivity contribution is 0.142. The van der Waals surface area contributed by atoms with Crippen LogP contribution in [-0.4, -0.2) is 42.3 Å². The van der Waals surface area contributed by atoms with Gasteiger partial charge < -0.3 is 20.6 Å². The second kappa shape index (κ2) is 4.72. The Balaban J connectivity index is 2.11. The van der Waals surface area contributed by atoms with E-state index < -0.39 is 6.09 Å². The first kappa shape index (κ1) is 12.5. The quantitative estimate of drug-likeness (QED) is 0.785. The van der Waals surface area contributed by atoms with Crippen molar-refractivity contribution in [3.63, 3.8) is 0 Å². The second-order valence-electron chi connectivity index (χ2n) is 4.49. The maximum atomic E-state index is 13.7. The number of nitrogen functional groups attached to an aromatic ring is 1. The smallest absolute Gasteiger partial charge is 0.407 e. The third-order valence-electron chi connectivity index (χ3n) is 3.33. The first-order chi connectivity index (χ1) is 8.49. The molecule has 2 rings (SSSR count). The van der Waals surface area contributed by atoms with Gasteiger partial charge in [0.15, 0.2) is 0 Å². The molecule has 1 aromatic carbocycles. The van der Waals surface area contributed by atoms with Gasteiger partial charge in [0.25, 0.3) is 0 Å². The van der Waals surface area contributed by atoms with Crippen LogP contribution >= 0.6 is 0 Å². The molecule has 5 nitrogen and oxygen atoms in total. The third kappa shape index (κ3) is 2.32. The molecule has 6 heteroatoms. The minimum absolute atomic E-state index is 0.0977. The fraction of sp³-hybridized carbons (Fsp3) is 0.417. The van der Waals surface area contributed by atoms with Gasteiger partial charge in [0.2, 0.25) is 0 Å². The zero-order valence-corrected chi connectivity index (χ0v) is 10.1. The van der Waals surface area contributed by atoms with E-state index in [1.807, 2.05) is 4.90 Å². The molecule has 1 aliphatic heterocycles. The summed E-state index contributed by atoms with van der Waals surface area (Å²) in [6, 6.07) is 4.46. The van der Waals surface area contributed by atoms with Gasteiger partial charge in [-0.15, -0.1) is 0 Å². The molecule has 1 atom stereocenters. The molecule has 0 unspecified atom stereocenters. The molecule has 3 N–H and O–H groups in total. The predicted octanol–water partition coefficient (Wildman–Crippen LogP) is 1.60. The summed E-state index contributed by atoms with van der Waals surface area (Å²) in [6.07, 6.45) is -0.258. The molecule has 1 saturated heterocycles. The molecule has 1 aromatic rings. The molecule has 1 heterocycles. The average molecular weight is 253 g/mol. The average Bonchev–Trinajstić information content (AvgIpc) is 2.77. The molecule has 0 aromatic heterocycles. The summed E-state index contributed by atoms with van der Waals surface area (Å²) in [6.45, 7) is 1.15. The summed E-state index contributed by atoms with van der Waals surface area (Å²) in [4.78, 5) is 14.0. The minimum atomic E-state index is -0.959. The van der Waals surface area contributed by atoms with Crippen LogP contribution in [0, 0.1) is 5.82 Å². The highest BCUT2D eigenvalue weighted by molar-refractivity contribution is 5.65. The molecule has 0 spiro atoms. The molecule has 0 radical (unpaired) electrons. The number of hydrogen-bond donors (Lipinski definition) is 2. The van der Waals surface area contributed by atoms with Gasteiger partial charge in [0.1, 0.15) is 5.82 Å². The number of amides is 1. The number of carboxylic acid groups (broad SMARTS) is 1. The Hall–Kier alpha value is -1.98. The van der Waals surface area contributed by atoms with Crippen LogP contribution in [0.3, 0.4) is 0 Å². The Morgan fingerprint density at radius 2 is 2.33 bits per heavy atom. The van der Waals surface area contributed by atoms with Gasteiger partial charge in [0, 0.05) is 25.8 Å². The van der Waals surface area contributed by atoms with Crippen LogP contribution in [0.4, 0.5) is 20.6 Å². The monoisotopic (exact) mass is 253 g/mol. The van der Waals surface area contributed by atoms with Crippen molar-refractivity contribution in [1.82, 2.24) is 4.90 Å². The van der Waals surface area contributed by atoms with E-state index in [9.17, 15) is 9.18 Å². The standard InChI is InChI=1S/C12H16FN3O2/c1-15(12(17)18)9-4-5-16(7-9)11-3-2-8(14)6-10(11)13/h2-3,6,9H,4-5,7,14H2,1H3,(H,17,18)/t9-/m1/s1. The fourth-order valence-electron chi connectivity index (χ4n) is 2.21. The number of benzene rings is 1. The molecular weight excluding hydrogens is 237 g/mol. The number of anilines is 2. The lowest BCUT2D eigenvalue weighted by Gasteiger charge is -2.23. The predicted molar refractivity (Wildman–Crippen MR) is 67.2 cm³/mol. The summed E-state index contributed by atoms with van der Waals surface area (Å²) in [7, 11) is 1.54. The van der Waals surface area contributed by atoms with Crippen molar-refractivity contribution >= 4 is 17.5 Å². The van der Waals surface area contributed by atoms with Crippen molar-refractivity contribution in [3.8, 4) is 0 Å². The topological polar surface area (TPSA) is 69.8 Å². The Morgan fingerprint density at radius 1 is 1.61 bits per heavy atom.